The maximum atomic E-state index is 9.66. The third-order valence-electron chi connectivity index (χ3n) is 9.95. The van der Waals surface area contributed by atoms with Gasteiger partial charge in [-0.3, -0.25) is 0 Å². The van der Waals surface area contributed by atoms with Crippen LogP contribution in [0.4, 0.5) is 0 Å². The Morgan fingerprint density at radius 2 is 1.26 bits per heavy atom. The molecule has 47 heavy (non-hydrogen) atoms. The Hall–Kier alpha value is -2.54. The Bertz CT molecular complexity index is 1250. The van der Waals surface area contributed by atoms with E-state index in [0.717, 1.165) is 47.5 Å². The second-order valence-electron chi connectivity index (χ2n) is 13.6. The fraction of sp³-hybridized carbons (Fsp3) is 0.571. The molecule has 0 saturated carbocycles. The summed E-state index contributed by atoms with van der Waals surface area (Å²) < 4.78 is 13.7. The fourth-order valence-corrected chi connectivity index (χ4v) is 6.91. The lowest BCUT2D eigenvalue weighted by molar-refractivity contribution is -0.276. The maximum absolute atomic E-state index is 9.66. The molecule has 0 radical (unpaired) electrons. The minimum atomic E-state index is -0.456. The van der Waals surface area contributed by atoms with Crippen molar-refractivity contribution in [1.29, 1.82) is 0 Å². The van der Waals surface area contributed by atoms with Gasteiger partial charge in [0.05, 0.1) is 18.8 Å². The summed E-state index contributed by atoms with van der Waals surface area (Å²) in [6.45, 7) is 10.6. The molecule has 0 bridgehead atoms. The van der Waals surface area contributed by atoms with Gasteiger partial charge in [-0.05, 0) is 53.7 Å². The molecule has 3 N–H and O–H groups in total. The first-order valence-corrected chi connectivity index (χ1v) is 18.7. The van der Waals surface area contributed by atoms with Crippen LogP contribution < -0.4 is 5.73 Å². The Morgan fingerprint density at radius 3 is 1.85 bits per heavy atom. The van der Waals surface area contributed by atoms with E-state index in [0.29, 0.717) is 6.54 Å². The Labute approximate surface area is 285 Å². The highest BCUT2D eigenvalue weighted by atomic mass is 16.7. The van der Waals surface area contributed by atoms with E-state index in [4.69, 9.17) is 15.2 Å². The number of rotatable bonds is 21. The van der Waals surface area contributed by atoms with Crippen LogP contribution in [-0.2, 0) is 22.6 Å². The smallest absolute Gasteiger partial charge is 0.184 e. The van der Waals surface area contributed by atoms with Crippen molar-refractivity contribution in [2.75, 3.05) is 19.6 Å². The molecule has 0 amide bonds. The third-order valence-corrected chi connectivity index (χ3v) is 9.95. The first kappa shape index (κ1) is 37.3. The predicted molar refractivity (Wildman–Crippen MR) is 196 cm³/mol. The van der Waals surface area contributed by atoms with E-state index in [-0.39, 0.29) is 24.7 Å². The number of hydrogen-bond donors (Lipinski definition) is 2. The Morgan fingerprint density at radius 1 is 0.681 bits per heavy atom. The highest BCUT2D eigenvalue weighted by molar-refractivity contribution is 5.67. The lowest BCUT2D eigenvalue weighted by Gasteiger charge is -2.43. The number of nitrogens with zero attached hydrogens (tertiary/aromatic N) is 1. The monoisotopic (exact) mass is 642 g/mol. The van der Waals surface area contributed by atoms with Crippen LogP contribution in [0.1, 0.15) is 132 Å². The summed E-state index contributed by atoms with van der Waals surface area (Å²) in [4.78, 5) is 2.68. The molecule has 5 heteroatoms. The molecule has 5 nitrogen and oxygen atoms in total. The van der Waals surface area contributed by atoms with E-state index < -0.39 is 6.29 Å². The van der Waals surface area contributed by atoms with E-state index in [1.165, 1.54) is 82.6 Å². The average Bonchev–Trinajstić information content (AvgIpc) is 3.12. The van der Waals surface area contributed by atoms with Crippen LogP contribution in [0, 0.1) is 5.92 Å². The molecule has 1 saturated heterocycles. The molecule has 1 heterocycles. The molecule has 1 fully saturated rings. The second kappa shape index (κ2) is 20.7. The molecule has 4 atom stereocenters. The van der Waals surface area contributed by atoms with Gasteiger partial charge in [0.1, 0.15) is 0 Å². The van der Waals surface area contributed by atoms with Crippen molar-refractivity contribution in [2.45, 2.75) is 129 Å². The van der Waals surface area contributed by atoms with E-state index in [2.05, 4.69) is 80.3 Å². The minimum absolute atomic E-state index is 0.0362. The molecule has 4 unspecified atom stereocenters. The van der Waals surface area contributed by atoms with Crippen LogP contribution in [0.3, 0.4) is 0 Å². The largest absolute Gasteiger partial charge is 0.392 e. The molecule has 258 valence electrons. The van der Waals surface area contributed by atoms with Gasteiger partial charge in [-0.2, -0.15) is 0 Å². The van der Waals surface area contributed by atoms with Crippen LogP contribution in [-0.4, -0.2) is 35.7 Å². The van der Waals surface area contributed by atoms with E-state index in [1.54, 1.807) is 0 Å². The molecule has 3 aromatic carbocycles. The van der Waals surface area contributed by atoms with Gasteiger partial charge < -0.3 is 25.2 Å². The molecular formula is C42H62N2O3. The molecule has 1 aliphatic rings. The van der Waals surface area contributed by atoms with Crippen molar-refractivity contribution in [2.24, 2.45) is 11.7 Å². The summed E-state index contributed by atoms with van der Waals surface area (Å²) in [7, 11) is 0. The zero-order valence-electron chi connectivity index (χ0n) is 29.5. The van der Waals surface area contributed by atoms with Crippen molar-refractivity contribution in [3.63, 3.8) is 0 Å². The number of aliphatic hydroxyl groups excluding tert-OH is 1. The maximum Gasteiger partial charge on any atom is 0.184 e. The topological polar surface area (TPSA) is 68.0 Å². The van der Waals surface area contributed by atoms with Crippen molar-refractivity contribution in [3.05, 3.63) is 95.1 Å². The molecule has 4 rings (SSSR count). The molecule has 0 spiro atoms. The molecule has 0 aromatic heterocycles. The Kier molecular flexibility index (Phi) is 16.5. The number of unbranched alkanes of at least 4 members (excludes halogenated alkanes) is 10. The van der Waals surface area contributed by atoms with Crippen LogP contribution in [0.15, 0.2) is 72.8 Å². The van der Waals surface area contributed by atoms with E-state index >= 15 is 0 Å². The molecule has 3 aromatic rings. The molecule has 0 aliphatic carbocycles. The van der Waals surface area contributed by atoms with E-state index in [9.17, 15) is 5.11 Å². The van der Waals surface area contributed by atoms with Crippen LogP contribution in [0.5, 0.6) is 0 Å². The summed E-state index contributed by atoms with van der Waals surface area (Å²) in [6, 6.07) is 25.2. The second-order valence-corrected chi connectivity index (χ2v) is 13.6. The number of hydrogen-bond acceptors (Lipinski definition) is 5. The van der Waals surface area contributed by atoms with Crippen molar-refractivity contribution < 1.29 is 14.6 Å². The standard InChI is InChI=1S/C42H62N2O3/c1-4-6-8-10-12-16-28-44(29-17-13-11-9-7-5-2)31-40-33(3)41(36-22-20-34(32-45)21-23-36)47-42(46-40)37-26-24-35(25-27-37)39-19-15-14-18-38(39)30-43/h14-15,18-27,33,40-42,45H,4-13,16-17,28-32,43H2,1-3H3. The zero-order valence-corrected chi connectivity index (χ0v) is 29.5. The van der Waals surface area contributed by atoms with Crippen molar-refractivity contribution >= 4 is 0 Å². The summed E-state index contributed by atoms with van der Waals surface area (Å²) in [5.74, 6) is 0.179. The van der Waals surface area contributed by atoms with Crippen LogP contribution >= 0.6 is 0 Å². The predicted octanol–water partition coefficient (Wildman–Crippen LogP) is 10.1. The zero-order chi connectivity index (χ0) is 33.3. The first-order valence-electron chi connectivity index (χ1n) is 18.7. The quantitative estimate of drug-likeness (QED) is 0.113. The number of benzene rings is 3. The summed E-state index contributed by atoms with van der Waals surface area (Å²) >= 11 is 0. The van der Waals surface area contributed by atoms with Gasteiger partial charge in [0.25, 0.3) is 0 Å². The third kappa shape index (κ3) is 11.5. The minimum Gasteiger partial charge on any atom is -0.392 e. The summed E-state index contributed by atoms with van der Waals surface area (Å²) in [5, 5.41) is 9.66. The van der Waals surface area contributed by atoms with Crippen LogP contribution in [0.2, 0.25) is 0 Å². The van der Waals surface area contributed by atoms with Gasteiger partial charge in [0.15, 0.2) is 6.29 Å². The van der Waals surface area contributed by atoms with Gasteiger partial charge in [-0.1, -0.05) is 158 Å². The lowest BCUT2D eigenvalue weighted by atomic mass is 9.89. The molecular weight excluding hydrogens is 580 g/mol. The van der Waals surface area contributed by atoms with Gasteiger partial charge in [0, 0.05) is 24.6 Å². The summed E-state index contributed by atoms with van der Waals surface area (Å²) in [5.41, 5.74) is 12.6. The van der Waals surface area contributed by atoms with Crippen LogP contribution in [0.25, 0.3) is 11.1 Å². The highest BCUT2D eigenvalue weighted by Crippen LogP contribution is 2.42. The van der Waals surface area contributed by atoms with Gasteiger partial charge in [0.2, 0.25) is 0 Å². The number of nitrogens with two attached hydrogens (primary N) is 1. The number of ether oxygens (including phenoxy) is 2. The fourth-order valence-electron chi connectivity index (χ4n) is 6.91. The summed E-state index contributed by atoms with van der Waals surface area (Å²) in [6.07, 6.45) is 15.2. The Balaban J connectivity index is 1.52. The van der Waals surface area contributed by atoms with Gasteiger partial charge in [-0.25, -0.2) is 0 Å². The number of aliphatic hydroxyl groups is 1. The van der Waals surface area contributed by atoms with Gasteiger partial charge in [-0.15, -0.1) is 0 Å². The van der Waals surface area contributed by atoms with Crippen molar-refractivity contribution in [1.82, 2.24) is 4.90 Å². The first-order chi connectivity index (χ1) is 23.1. The van der Waals surface area contributed by atoms with Gasteiger partial charge >= 0.3 is 0 Å². The highest BCUT2D eigenvalue weighted by Gasteiger charge is 2.39. The normalized spacial score (nSPS) is 19.8. The molecule has 1 aliphatic heterocycles. The SMILES string of the molecule is CCCCCCCCN(CCCCCCCC)CC1OC(c2ccc(-c3ccccc3CN)cc2)OC(c2ccc(CO)cc2)C1C. The lowest BCUT2D eigenvalue weighted by Crippen LogP contribution is -2.45. The van der Waals surface area contributed by atoms with E-state index in [1.807, 2.05) is 18.2 Å². The average molecular weight is 643 g/mol. The van der Waals surface area contributed by atoms with Crippen molar-refractivity contribution in [3.8, 4) is 11.1 Å².